The average Bonchev–Trinajstić information content (AvgIpc) is 3.71. The summed E-state index contributed by atoms with van der Waals surface area (Å²) in [5.41, 5.74) is 0.329. The van der Waals surface area contributed by atoms with E-state index in [2.05, 4.69) is 29.1 Å². The summed E-state index contributed by atoms with van der Waals surface area (Å²) in [6.07, 6.45) is 2.83. The summed E-state index contributed by atoms with van der Waals surface area (Å²) in [5, 5.41) is 11.2. The third kappa shape index (κ3) is 5.98. The molecule has 3 aliphatic heterocycles. The molecule has 3 aromatic carbocycles. The van der Waals surface area contributed by atoms with Crippen LogP contribution in [0.25, 0.3) is 0 Å². The number of ether oxygens (including phenoxy) is 2. The third-order valence-electron chi connectivity index (χ3n) is 9.70. The molecule has 2 bridgehead atoms. The van der Waals surface area contributed by atoms with E-state index in [9.17, 15) is 14.7 Å². The van der Waals surface area contributed by atoms with Gasteiger partial charge in [0.05, 0.1) is 47.9 Å². The number of halogens is 2. The Bertz CT molecular complexity index is 1720. The number of aliphatic hydroxyl groups is 1. The van der Waals surface area contributed by atoms with Gasteiger partial charge in [-0.3, -0.25) is 14.4 Å². The van der Waals surface area contributed by atoms with E-state index in [1.54, 1.807) is 65.6 Å². The van der Waals surface area contributed by atoms with Crippen molar-refractivity contribution < 1.29 is 29.0 Å². The zero-order valence-electron chi connectivity index (χ0n) is 27.2. The first-order valence-electron chi connectivity index (χ1n) is 16.3. The monoisotopic (exact) mass is 747 g/mol. The summed E-state index contributed by atoms with van der Waals surface area (Å²) < 4.78 is 12.4. The van der Waals surface area contributed by atoms with Crippen LogP contribution in [0.1, 0.15) is 24.9 Å². The van der Waals surface area contributed by atoms with Gasteiger partial charge in [0.25, 0.3) is 5.91 Å². The maximum absolute atomic E-state index is 15.1. The van der Waals surface area contributed by atoms with Crippen molar-refractivity contribution >= 4 is 56.6 Å². The van der Waals surface area contributed by atoms with E-state index in [1.807, 2.05) is 37.3 Å². The van der Waals surface area contributed by atoms with Crippen molar-refractivity contribution in [3.8, 4) is 5.75 Å². The lowest BCUT2D eigenvalue weighted by molar-refractivity contribution is -0.144. The SMILES string of the molecule is C=CCN(C(=O)[C@H]1[C@H]2C(=O)N([C@H](CO)c3ccccc3)C(C(=O)N(CC=C)c3ccccc3Cl)C23CC(Br)[C@@H]1O3)c1ccc(OCC)cc1. The van der Waals surface area contributed by atoms with Gasteiger partial charge in [-0.2, -0.15) is 0 Å². The standard InChI is InChI=1S/C38H39BrClN3O6/c1-4-20-41(25-16-18-26(19-17-25)48-6-3)35(45)31-32-36(46)43(30(23-44)24-12-8-7-9-13-24)34(38(32)22-27(39)33(31)49-38)37(47)42(21-5-2)29-15-11-10-14-28(29)40/h4-5,7-19,27,30-34,44H,1-2,6,20-23H2,3H3/t27?,30-,31+,32+,33+,34?,38?/m1/s1. The maximum Gasteiger partial charge on any atom is 0.253 e. The molecule has 0 radical (unpaired) electrons. The van der Waals surface area contributed by atoms with Crippen molar-refractivity contribution in [2.75, 3.05) is 36.1 Å². The fourth-order valence-electron chi connectivity index (χ4n) is 7.77. The van der Waals surface area contributed by atoms with Crippen LogP contribution in [0.4, 0.5) is 11.4 Å². The highest BCUT2D eigenvalue weighted by atomic mass is 79.9. The molecule has 3 fully saturated rings. The second kappa shape index (κ2) is 14.5. The molecule has 3 aliphatic rings. The molecular weight excluding hydrogens is 710 g/mol. The maximum atomic E-state index is 15.1. The van der Waals surface area contributed by atoms with Gasteiger partial charge in [-0.1, -0.05) is 82.1 Å². The van der Waals surface area contributed by atoms with Gasteiger partial charge in [-0.25, -0.2) is 0 Å². The quantitative estimate of drug-likeness (QED) is 0.171. The van der Waals surface area contributed by atoms with Crippen LogP contribution in [-0.4, -0.2) is 76.6 Å². The number of hydrogen-bond acceptors (Lipinski definition) is 6. The van der Waals surface area contributed by atoms with Gasteiger partial charge in [0.15, 0.2) is 0 Å². The highest BCUT2D eigenvalue weighted by Gasteiger charge is 2.77. The van der Waals surface area contributed by atoms with Gasteiger partial charge in [-0.15, -0.1) is 13.2 Å². The number of hydrogen-bond donors (Lipinski definition) is 1. The number of fused-ring (bicyclic) bond motifs is 1. The number of anilines is 2. The highest BCUT2D eigenvalue weighted by molar-refractivity contribution is 9.09. The number of alkyl halides is 1. The lowest BCUT2D eigenvalue weighted by Crippen LogP contribution is -2.58. The zero-order valence-corrected chi connectivity index (χ0v) is 29.5. The number of para-hydroxylation sites is 1. The summed E-state index contributed by atoms with van der Waals surface area (Å²) in [6, 6.07) is 21.2. The largest absolute Gasteiger partial charge is 0.494 e. The fourth-order valence-corrected chi connectivity index (χ4v) is 8.95. The van der Waals surface area contributed by atoms with Gasteiger partial charge in [0, 0.05) is 23.6 Å². The fraction of sp³-hybridized carbons (Fsp3) is 0.342. The Kier molecular flexibility index (Phi) is 10.3. The second-order valence-electron chi connectivity index (χ2n) is 12.4. The summed E-state index contributed by atoms with van der Waals surface area (Å²) in [5.74, 6) is -2.45. The molecule has 3 saturated heterocycles. The molecule has 49 heavy (non-hydrogen) atoms. The topological polar surface area (TPSA) is 99.6 Å². The van der Waals surface area contributed by atoms with Crippen LogP contribution in [-0.2, 0) is 19.1 Å². The predicted molar refractivity (Wildman–Crippen MR) is 193 cm³/mol. The number of likely N-dealkylation sites (tertiary alicyclic amines) is 1. The number of carbonyl (C=O) groups is 3. The molecular formula is C38H39BrClN3O6. The molecule has 3 amide bonds. The van der Waals surface area contributed by atoms with Crippen LogP contribution in [0.15, 0.2) is 104 Å². The molecule has 3 unspecified atom stereocenters. The van der Waals surface area contributed by atoms with Crippen molar-refractivity contribution in [1.82, 2.24) is 4.90 Å². The molecule has 1 N–H and O–H groups in total. The van der Waals surface area contributed by atoms with Crippen molar-refractivity contribution in [2.45, 2.75) is 42.0 Å². The van der Waals surface area contributed by atoms with E-state index < -0.39 is 54.0 Å². The third-order valence-corrected chi connectivity index (χ3v) is 10.9. The van der Waals surface area contributed by atoms with Crippen LogP contribution in [0, 0.1) is 11.8 Å². The minimum Gasteiger partial charge on any atom is -0.494 e. The highest BCUT2D eigenvalue weighted by Crippen LogP contribution is 2.62. The van der Waals surface area contributed by atoms with Crippen LogP contribution in [0.5, 0.6) is 5.75 Å². The normalized spacial score (nSPS) is 25.8. The Morgan fingerprint density at radius 1 is 1.04 bits per heavy atom. The number of benzene rings is 3. The van der Waals surface area contributed by atoms with Gasteiger partial charge >= 0.3 is 0 Å². The molecule has 11 heteroatoms. The second-order valence-corrected chi connectivity index (χ2v) is 14.0. The van der Waals surface area contributed by atoms with E-state index in [-0.39, 0.29) is 23.8 Å². The van der Waals surface area contributed by atoms with Crippen molar-refractivity contribution in [1.29, 1.82) is 0 Å². The molecule has 9 nitrogen and oxygen atoms in total. The van der Waals surface area contributed by atoms with Crippen LogP contribution in [0.2, 0.25) is 5.02 Å². The molecule has 1 spiro atoms. The average molecular weight is 749 g/mol. The molecule has 0 aromatic heterocycles. The summed E-state index contributed by atoms with van der Waals surface area (Å²) >= 11 is 10.4. The molecule has 256 valence electrons. The Balaban J connectivity index is 1.48. The Labute approximate surface area is 299 Å². The summed E-state index contributed by atoms with van der Waals surface area (Å²) in [6.45, 7) is 9.99. The number of amides is 3. The smallest absolute Gasteiger partial charge is 0.253 e. The van der Waals surface area contributed by atoms with Gasteiger partial charge in [0.2, 0.25) is 11.8 Å². The van der Waals surface area contributed by atoms with Crippen molar-refractivity contribution in [3.05, 3.63) is 115 Å². The van der Waals surface area contributed by atoms with Gasteiger partial charge < -0.3 is 29.3 Å². The van der Waals surface area contributed by atoms with Crippen LogP contribution < -0.4 is 14.5 Å². The molecule has 3 heterocycles. The van der Waals surface area contributed by atoms with Crippen LogP contribution >= 0.6 is 27.5 Å². The van der Waals surface area contributed by atoms with E-state index in [0.29, 0.717) is 40.7 Å². The minimum atomic E-state index is -1.38. The van der Waals surface area contributed by atoms with Crippen molar-refractivity contribution in [3.63, 3.8) is 0 Å². The Morgan fingerprint density at radius 2 is 1.69 bits per heavy atom. The molecule has 0 aliphatic carbocycles. The number of aliphatic hydroxyl groups excluding tert-OH is 1. The first kappa shape index (κ1) is 34.9. The summed E-state index contributed by atoms with van der Waals surface area (Å²) in [7, 11) is 0. The first-order valence-corrected chi connectivity index (χ1v) is 17.6. The first-order chi connectivity index (χ1) is 23.7. The minimum absolute atomic E-state index is 0.103. The Hall–Kier alpha value is -3.96. The van der Waals surface area contributed by atoms with Gasteiger partial charge in [0.1, 0.15) is 17.4 Å². The molecule has 3 aromatic rings. The molecule has 7 atom stereocenters. The molecule has 0 saturated carbocycles. The predicted octanol–water partition coefficient (Wildman–Crippen LogP) is 5.96. The van der Waals surface area contributed by atoms with Crippen LogP contribution in [0.3, 0.4) is 0 Å². The van der Waals surface area contributed by atoms with E-state index >= 15 is 4.79 Å². The Morgan fingerprint density at radius 3 is 2.33 bits per heavy atom. The van der Waals surface area contributed by atoms with E-state index in [1.165, 1.54) is 9.80 Å². The number of carbonyl (C=O) groups excluding carboxylic acids is 3. The lowest BCUT2D eigenvalue weighted by atomic mass is 9.70. The number of rotatable bonds is 13. The molecule has 6 rings (SSSR count). The summed E-state index contributed by atoms with van der Waals surface area (Å²) in [4.78, 5) is 49.0. The van der Waals surface area contributed by atoms with E-state index in [4.69, 9.17) is 21.1 Å². The van der Waals surface area contributed by atoms with Gasteiger partial charge in [-0.05, 0) is 55.3 Å². The van der Waals surface area contributed by atoms with Crippen molar-refractivity contribution in [2.24, 2.45) is 11.8 Å². The van der Waals surface area contributed by atoms with E-state index in [0.717, 1.165) is 0 Å². The number of nitrogens with zero attached hydrogens (tertiary/aromatic N) is 3. The lowest BCUT2D eigenvalue weighted by Gasteiger charge is -2.39. The zero-order chi connectivity index (χ0) is 34.9.